The highest BCUT2D eigenvalue weighted by Gasteiger charge is 2.34. The first-order chi connectivity index (χ1) is 15.6. The van der Waals surface area contributed by atoms with Crippen LogP contribution in [0.3, 0.4) is 0 Å². The predicted octanol–water partition coefficient (Wildman–Crippen LogP) is 3.87. The van der Waals surface area contributed by atoms with Gasteiger partial charge in [0.25, 0.3) is 0 Å². The summed E-state index contributed by atoms with van der Waals surface area (Å²) >= 11 is 0. The van der Waals surface area contributed by atoms with Crippen molar-refractivity contribution in [1.82, 2.24) is 25.1 Å². The summed E-state index contributed by atoms with van der Waals surface area (Å²) < 4.78 is 7.78. The average Bonchev–Trinajstić information content (AvgIpc) is 3.17. The molecule has 1 aliphatic rings. The largest absolute Gasteiger partial charge is 0.457 e. The van der Waals surface area contributed by atoms with Crippen molar-refractivity contribution in [3.8, 4) is 22.8 Å². The van der Waals surface area contributed by atoms with Crippen molar-refractivity contribution in [2.24, 2.45) is 0 Å². The molecule has 4 aromatic rings. The Morgan fingerprint density at radius 3 is 2.53 bits per heavy atom. The topological polar surface area (TPSA) is 108 Å². The first kappa shape index (κ1) is 19.7. The van der Waals surface area contributed by atoms with E-state index in [2.05, 4.69) is 21.9 Å². The van der Waals surface area contributed by atoms with Crippen molar-refractivity contribution in [2.45, 2.75) is 24.9 Å². The highest BCUT2D eigenvalue weighted by molar-refractivity contribution is 5.98. The van der Waals surface area contributed by atoms with Crippen molar-refractivity contribution in [1.29, 1.82) is 0 Å². The molecule has 160 valence electrons. The van der Waals surface area contributed by atoms with Crippen LogP contribution < -0.4 is 15.8 Å². The molecule has 5 rings (SSSR count). The van der Waals surface area contributed by atoms with Gasteiger partial charge in [-0.15, -0.1) is 0 Å². The first-order valence-electron chi connectivity index (χ1n) is 10.4. The minimum absolute atomic E-state index is 0.0989. The van der Waals surface area contributed by atoms with E-state index in [1.165, 1.54) is 12.4 Å². The van der Waals surface area contributed by atoms with E-state index >= 15 is 0 Å². The Labute approximate surface area is 184 Å². The van der Waals surface area contributed by atoms with Crippen LogP contribution in [0, 0.1) is 0 Å². The third-order valence-corrected chi connectivity index (χ3v) is 5.62. The molecule has 0 spiro atoms. The molecule has 2 aromatic heterocycles. The van der Waals surface area contributed by atoms with Crippen LogP contribution in [0.4, 0.5) is 5.82 Å². The van der Waals surface area contributed by atoms with E-state index in [-0.39, 0.29) is 18.0 Å². The fourth-order valence-electron chi connectivity index (χ4n) is 3.92. The van der Waals surface area contributed by atoms with Crippen LogP contribution in [0.2, 0.25) is 0 Å². The van der Waals surface area contributed by atoms with Gasteiger partial charge in [0, 0.05) is 11.6 Å². The Kier molecular flexibility index (Phi) is 5.03. The third kappa shape index (κ3) is 3.66. The molecule has 0 radical (unpaired) electrons. The number of rotatable bonds is 6. The average molecular weight is 426 g/mol. The fourth-order valence-corrected chi connectivity index (χ4v) is 3.92. The van der Waals surface area contributed by atoms with Gasteiger partial charge < -0.3 is 15.8 Å². The first-order valence-corrected chi connectivity index (χ1v) is 10.4. The number of ether oxygens (including phenoxy) is 1. The van der Waals surface area contributed by atoms with Crippen molar-refractivity contribution < 1.29 is 9.53 Å². The Hall–Kier alpha value is -4.20. The minimum Gasteiger partial charge on any atom is -0.457 e. The zero-order valence-corrected chi connectivity index (χ0v) is 17.3. The van der Waals surface area contributed by atoms with E-state index in [0.717, 1.165) is 41.0 Å². The number of aromatic nitrogens is 4. The smallest absolute Gasteiger partial charge is 0.243 e. The monoisotopic (exact) mass is 426 g/mol. The summed E-state index contributed by atoms with van der Waals surface area (Å²) in [4.78, 5) is 20.2. The SMILES string of the molecule is C=CC(=O)N[C@H]1C[C@@H](n2nc(-c3ccc(Oc4ccccc4)cc3)c3c(N)ncnc32)C1. The third-order valence-electron chi connectivity index (χ3n) is 5.62. The lowest BCUT2D eigenvalue weighted by atomic mass is 9.87. The quantitative estimate of drug-likeness (QED) is 0.453. The Morgan fingerprint density at radius 2 is 1.81 bits per heavy atom. The zero-order valence-electron chi connectivity index (χ0n) is 17.3. The maximum Gasteiger partial charge on any atom is 0.243 e. The number of fused-ring (bicyclic) bond motifs is 1. The molecular formula is C24H22N6O2. The number of nitrogens with one attached hydrogen (secondary N) is 1. The maximum absolute atomic E-state index is 11.5. The second kappa shape index (κ2) is 8.14. The van der Waals surface area contributed by atoms with Crippen LogP contribution in [0.25, 0.3) is 22.3 Å². The molecule has 2 heterocycles. The second-order valence-corrected chi connectivity index (χ2v) is 7.73. The normalized spacial score (nSPS) is 17.5. The molecular weight excluding hydrogens is 404 g/mol. The van der Waals surface area contributed by atoms with Gasteiger partial charge in [-0.25, -0.2) is 14.6 Å². The molecule has 8 heteroatoms. The lowest BCUT2D eigenvalue weighted by Crippen LogP contribution is -2.44. The number of nitrogens with two attached hydrogens (primary N) is 1. The molecule has 0 atom stereocenters. The number of nitrogen functional groups attached to an aromatic ring is 1. The summed E-state index contributed by atoms with van der Waals surface area (Å²) in [6.07, 6.45) is 4.27. The Bertz CT molecular complexity index is 1280. The number of benzene rings is 2. The van der Waals surface area contributed by atoms with Gasteiger partial charge in [-0.05, 0) is 55.3 Å². The molecule has 8 nitrogen and oxygen atoms in total. The van der Waals surface area contributed by atoms with Gasteiger partial charge in [-0.1, -0.05) is 24.8 Å². The number of carbonyl (C=O) groups is 1. The molecule has 1 saturated carbocycles. The summed E-state index contributed by atoms with van der Waals surface area (Å²) in [6, 6.07) is 17.5. The van der Waals surface area contributed by atoms with E-state index in [0.29, 0.717) is 11.5 Å². The summed E-state index contributed by atoms with van der Waals surface area (Å²) in [5.74, 6) is 1.73. The van der Waals surface area contributed by atoms with Crippen molar-refractivity contribution >= 4 is 22.8 Å². The highest BCUT2D eigenvalue weighted by Crippen LogP contribution is 2.38. The van der Waals surface area contributed by atoms with Crippen molar-refractivity contribution in [2.75, 3.05) is 5.73 Å². The molecule has 0 bridgehead atoms. The molecule has 0 saturated heterocycles. The number of carbonyl (C=O) groups excluding carboxylic acids is 1. The standard InChI is InChI=1S/C24H22N6O2/c1-2-20(31)28-16-12-17(13-16)30-24-21(23(25)26-14-27-24)22(29-30)15-8-10-19(11-9-15)32-18-6-4-3-5-7-18/h2-11,14,16-17H,1,12-13H2,(H,28,31)(H2,25,26,27)/t16-,17+. The number of nitrogens with zero attached hydrogens (tertiary/aromatic N) is 4. The molecule has 1 fully saturated rings. The van der Waals surface area contributed by atoms with Crippen LogP contribution in [0.15, 0.2) is 73.6 Å². The number of hydrogen-bond acceptors (Lipinski definition) is 6. The summed E-state index contributed by atoms with van der Waals surface area (Å²) in [6.45, 7) is 3.50. The Balaban J connectivity index is 1.43. The van der Waals surface area contributed by atoms with E-state index in [4.69, 9.17) is 15.6 Å². The number of para-hydroxylation sites is 1. The molecule has 1 aliphatic carbocycles. The van der Waals surface area contributed by atoms with Gasteiger partial charge in [0.05, 0.1) is 11.4 Å². The Morgan fingerprint density at radius 1 is 1.09 bits per heavy atom. The number of anilines is 1. The maximum atomic E-state index is 11.5. The molecule has 0 unspecified atom stereocenters. The van der Waals surface area contributed by atoms with Crippen LogP contribution in [0.1, 0.15) is 18.9 Å². The van der Waals surface area contributed by atoms with E-state index in [9.17, 15) is 4.79 Å². The van der Waals surface area contributed by atoms with Crippen LogP contribution >= 0.6 is 0 Å². The van der Waals surface area contributed by atoms with Crippen LogP contribution in [-0.2, 0) is 4.79 Å². The van der Waals surface area contributed by atoms with Crippen LogP contribution in [0.5, 0.6) is 11.5 Å². The lowest BCUT2D eigenvalue weighted by molar-refractivity contribution is -0.117. The lowest BCUT2D eigenvalue weighted by Gasteiger charge is -2.35. The van der Waals surface area contributed by atoms with Gasteiger partial charge in [0.2, 0.25) is 5.91 Å². The fraction of sp³-hybridized carbons (Fsp3) is 0.167. The van der Waals surface area contributed by atoms with E-state index in [1.807, 2.05) is 59.3 Å². The van der Waals surface area contributed by atoms with E-state index in [1.54, 1.807) is 0 Å². The van der Waals surface area contributed by atoms with Crippen molar-refractivity contribution in [3.05, 3.63) is 73.6 Å². The molecule has 3 N–H and O–H groups in total. The van der Waals surface area contributed by atoms with Crippen LogP contribution in [-0.4, -0.2) is 31.7 Å². The molecule has 2 aromatic carbocycles. The van der Waals surface area contributed by atoms with Gasteiger partial charge >= 0.3 is 0 Å². The van der Waals surface area contributed by atoms with Gasteiger partial charge in [0.15, 0.2) is 5.65 Å². The summed E-state index contributed by atoms with van der Waals surface area (Å²) in [7, 11) is 0. The zero-order chi connectivity index (χ0) is 22.1. The molecule has 32 heavy (non-hydrogen) atoms. The second-order valence-electron chi connectivity index (χ2n) is 7.73. The summed E-state index contributed by atoms with van der Waals surface area (Å²) in [5, 5.41) is 8.50. The molecule has 1 amide bonds. The summed E-state index contributed by atoms with van der Waals surface area (Å²) in [5.41, 5.74) is 8.52. The number of hydrogen-bond donors (Lipinski definition) is 2. The predicted molar refractivity (Wildman–Crippen MR) is 122 cm³/mol. The van der Waals surface area contributed by atoms with Gasteiger partial charge in [0.1, 0.15) is 29.3 Å². The molecule has 0 aliphatic heterocycles. The van der Waals surface area contributed by atoms with Gasteiger partial charge in [-0.2, -0.15) is 5.10 Å². The number of amides is 1. The van der Waals surface area contributed by atoms with Crippen molar-refractivity contribution in [3.63, 3.8) is 0 Å². The van der Waals surface area contributed by atoms with Gasteiger partial charge in [-0.3, -0.25) is 4.79 Å². The highest BCUT2D eigenvalue weighted by atomic mass is 16.5. The van der Waals surface area contributed by atoms with E-state index < -0.39 is 0 Å². The minimum atomic E-state index is -0.163.